The lowest BCUT2D eigenvalue weighted by Crippen LogP contribution is -2.51. The van der Waals surface area contributed by atoms with Crippen molar-refractivity contribution >= 4 is 18.3 Å². The van der Waals surface area contributed by atoms with E-state index in [1.807, 2.05) is 12.3 Å². The zero-order valence-corrected chi connectivity index (χ0v) is 11.7. The minimum absolute atomic E-state index is 0. The molecule has 1 saturated heterocycles. The van der Waals surface area contributed by atoms with Crippen LogP contribution in [-0.4, -0.2) is 35.4 Å². The summed E-state index contributed by atoms with van der Waals surface area (Å²) >= 11 is 0. The van der Waals surface area contributed by atoms with Crippen molar-refractivity contribution in [3.8, 4) is 0 Å². The number of amides is 1. The second-order valence-corrected chi connectivity index (χ2v) is 5.17. The molecule has 2 aliphatic rings. The number of halogens is 1. The van der Waals surface area contributed by atoms with Crippen LogP contribution in [0.4, 0.5) is 0 Å². The molecule has 1 N–H and O–H groups in total. The van der Waals surface area contributed by atoms with Crippen molar-refractivity contribution in [2.45, 2.75) is 25.3 Å². The Kier molecular flexibility index (Phi) is 4.77. The molecule has 0 radical (unpaired) electrons. The average molecular weight is 282 g/mol. The highest BCUT2D eigenvalue weighted by Crippen LogP contribution is 2.32. The summed E-state index contributed by atoms with van der Waals surface area (Å²) in [6, 6.07) is 4.15. The minimum Gasteiger partial charge on any atom is -0.333 e. The number of pyridine rings is 1. The monoisotopic (exact) mass is 281 g/mol. The lowest BCUT2D eigenvalue weighted by atomic mass is 9.83. The second-order valence-electron chi connectivity index (χ2n) is 5.17. The topological polar surface area (TPSA) is 45.2 Å². The predicted octanol–water partition coefficient (Wildman–Crippen LogP) is 1.78. The van der Waals surface area contributed by atoms with Crippen molar-refractivity contribution < 1.29 is 4.79 Å². The average Bonchev–Trinajstić information content (AvgIpc) is 2.38. The largest absolute Gasteiger partial charge is 0.333 e. The molecule has 2 fully saturated rings. The molecule has 4 nitrogen and oxygen atoms in total. The number of piperazine rings is 1. The van der Waals surface area contributed by atoms with E-state index in [4.69, 9.17) is 0 Å². The van der Waals surface area contributed by atoms with Gasteiger partial charge in [0.15, 0.2) is 0 Å². The molecule has 2 heterocycles. The molecule has 1 amide bonds. The third kappa shape index (κ3) is 2.90. The predicted molar refractivity (Wildman–Crippen MR) is 76.1 cm³/mol. The second kappa shape index (κ2) is 6.35. The maximum Gasteiger partial charge on any atom is 0.226 e. The highest BCUT2D eigenvalue weighted by Gasteiger charge is 2.34. The van der Waals surface area contributed by atoms with Gasteiger partial charge in [-0.05, 0) is 24.5 Å². The molecule has 5 heteroatoms. The highest BCUT2D eigenvalue weighted by molar-refractivity contribution is 5.85. The van der Waals surface area contributed by atoms with Gasteiger partial charge in [-0.3, -0.25) is 9.78 Å². The standard InChI is InChI=1S/C14H19N3O.ClH/c18-14(11-3-1-4-11)17-8-7-16-10-13(17)12-5-2-6-15-9-12;/h2,5-6,9,11,13,16H,1,3-4,7-8,10H2;1H. The molecule has 0 bridgehead atoms. The zero-order valence-electron chi connectivity index (χ0n) is 10.9. The molecule has 0 spiro atoms. The Labute approximate surface area is 120 Å². The molecule has 1 aromatic heterocycles. The Hall–Kier alpha value is -1.13. The molecule has 0 aromatic carbocycles. The fourth-order valence-corrected chi connectivity index (χ4v) is 2.73. The lowest BCUT2D eigenvalue weighted by molar-refractivity contribution is -0.141. The maximum absolute atomic E-state index is 12.4. The zero-order chi connectivity index (χ0) is 12.4. The van der Waals surface area contributed by atoms with E-state index in [0.717, 1.165) is 38.0 Å². The normalized spacial score (nSPS) is 23.4. The summed E-state index contributed by atoms with van der Waals surface area (Å²) in [4.78, 5) is 18.7. The molecule has 3 rings (SSSR count). The summed E-state index contributed by atoms with van der Waals surface area (Å²) < 4.78 is 0. The minimum atomic E-state index is 0. The van der Waals surface area contributed by atoms with E-state index in [-0.39, 0.29) is 24.4 Å². The van der Waals surface area contributed by atoms with Crippen LogP contribution in [0.2, 0.25) is 0 Å². The third-order valence-corrected chi connectivity index (χ3v) is 4.05. The molecule has 104 valence electrons. The number of nitrogens with one attached hydrogen (secondary N) is 1. The van der Waals surface area contributed by atoms with Gasteiger partial charge in [-0.15, -0.1) is 12.4 Å². The summed E-state index contributed by atoms with van der Waals surface area (Å²) in [7, 11) is 0. The van der Waals surface area contributed by atoms with Crippen molar-refractivity contribution in [2.24, 2.45) is 5.92 Å². The van der Waals surface area contributed by atoms with Crippen LogP contribution in [0.25, 0.3) is 0 Å². The van der Waals surface area contributed by atoms with Gasteiger partial charge >= 0.3 is 0 Å². The maximum atomic E-state index is 12.4. The van der Waals surface area contributed by atoms with Gasteiger partial charge in [-0.2, -0.15) is 0 Å². The van der Waals surface area contributed by atoms with Crippen molar-refractivity contribution in [3.05, 3.63) is 30.1 Å². The summed E-state index contributed by atoms with van der Waals surface area (Å²) in [6.45, 7) is 2.55. The smallest absolute Gasteiger partial charge is 0.226 e. The van der Waals surface area contributed by atoms with Crippen LogP contribution in [0.3, 0.4) is 0 Å². The first-order valence-electron chi connectivity index (χ1n) is 6.77. The molecule has 1 aromatic rings. The fraction of sp³-hybridized carbons (Fsp3) is 0.571. The molecule has 1 saturated carbocycles. The van der Waals surface area contributed by atoms with Gasteiger partial charge in [0, 0.05) is 37.9 Å². The van der Waals surface area contributed by atoms with Crippen molar-refractivity contribution in [3.63, 3.8) is 0 Å². The lowest BCUT2D eigenvalue weighted by Gasteiger charge is -2.40. The van der Waals surface area contributed by atoms with Crippen LogP contribution < -0.4 is 5.32 Å². The Bertz CT molecular complexity index is 422. The number of carbonyl (C=O) groups is 1. The molecule has 1 aliphatic heterocycles. The SMILES string of the molecule is Cl.O=C(C1CCC1)N1CCNCC1c1cccnc1. The molecule has 19 heavy (non-hydrogen) atoms. The summed E-state index contributed by atoms with van der Waals surface area (Å²) in [6.07, 6.45) is 7.00. The Morgan fingerprint density at radius 2 is 2.26 bits per heavy atom. The highest BCUT2D eigenvalue weighted by atomic mass is 35.5. The Morgan fingerprint density at radius 3 is 2.89 bits per heavy atom. The van der Waals surface area contributed by atoms with Crippen molar-refractivity contribution in [1.82, 2.24) is 15.2 Å². The first kappa shape index (κ1) is 14.3. The van der Waals surface area contributed by atoms with Crippen molar-refractivity contribution in [2.75, 3.05) is 19.6 Å². The summed E-state index contributed by atoms with van der Waals surface area (Å²) in [5.74, 6) is 0.624. The number of hydrogen-bond acceptors (Lipinski definition) is 3. The number of carbonyl (C=O) groups excluding carboxylic acids is 1. The van der Waals surface area contributed by atoms with Gasteiger partial charge in [-0.1, -0.05) is 12.5 Å². The number of aromatic nitrogens is 1. The van der Waals surface area contributed by atoms with E-state index in [2.05, 4.69) is 21.3 Å². The van der Waals surface area contributed by atoms with Gasteiger partial charge in [0.05, 0.1) is 6.04 Å². The van der Waals surface area contributed by atoms with Crippen LogP contribution >= 0.6 is 12.4 Å². The van der Waals surface area contributed by atoms with Gasteiger partial charge in [-0.25, -0.2) is 0 Å². The molecular weight excluding hydrogens is 262 g/mol. The van der Waals surface area contributed by atoms with E-state index >= 15 is 0 Å². The third-order valence-electron chi connectivity index (χ3n) is 4.05. The molecule has 1 unspecified atom stereocenters. The van der Waals surface area contributed by atoms with E-state index in [1.165, 1.54) is 6.42 Å². The number of nitrogens with zero attached hydrogens (tertiary/aromatic N) is 2. The summed E-state index contributed by atoms with van der Waals surface area (Å²) in [5.41, 5.74) is 1.14. The number of rotatable bonds is 2. The quantitative estimate of drug-likeness (QED) is 0.899. The van der Waals surface area contributed by atoms with Crippen LogP contribution in [-0.2, 0) is 4.79 Å². The fourth-order valence-electron chi connectivity index (χ4n) is 2.73. The van der Waals surface area contributed by atoms with Gasteiger partial charge in [0.25, 0.3) is 0 Å². The van der Waals surface area contributed by atoms with E-state index in [1.54, 1.807) is 6.20 Å². The van der Waals surface area contributed by atoms with E-state index < -0.39 is 0 Å². The van der Waals surface area contributed by atoms with Gasteiger partial charge in [0.1, 0.15) is 0 Å². The molecular formula is C14H20ClN3O. The van der Waals surface area contributed by atoms with Crippen LogP contribution in [0.1, 0.15) is 30.9 Å². The molecule has 1 aliphatic carbocycles. The number of hydrogen-bond donors (Lipinski definition) is 1. The Balaban J connectivity index is 0.00000133. The first-order valence-corrected chi connectivity index (χ1v) is 6.77. The van der Waals surface area contributed by atoms with E-state index in [0.29, 0.717) is 5.91 Å². The van der Waals surface area contributed by atoms with Crippen LogP contribution in [0, 0.1) is 5.92 Å². The Morgan fingerprint density at radius 1 is 1.42 bits per heavy atom. The van der Waals surface area contributed by atoms with Crippen molar-refractivity contribution in [1.29, 1.82) is 0 Å². The van der Waals surface area contributed by atoms with Gasteiger partial charge in [0.2, 0.25) is 5.91 Å². The van der Waals surface area contributed by atoms with Crippen LogP contribution in [0.15, 0.2) is 24.5 Å². The first-order chi connectivity index (χ1) is 8.86. The summed E-state index contributed by atoms with van der Waals surface area (Å²) in [5, 5.41) is 3.37. The van der Waals surface area contributed by atoms with Gasteiger partial charge < -0.3 is 10.2 Å². The van der Waals surface area contributed by atoms with Crippen LogP contribution in [0.5, 0.6) is 0 Å². The molecule has 1 atom stereocenters. The van der Waals surface area contributed by atoms with E-state index in [9.17, 15) is 4.79 Å².